The van der Waals surface area contributed by atoms with Crippen LogP contribution in [0.4, 0.5) is 5.69 Å². The zero-order chi connectivity index (χ0) is 22.5. The van der Waals surface area contributed by atoms with Gasteiger partial charge in [-0.15, -0.1) is 0 Å². The van der Waals surface area contributed by atoms with E-state index in [9.17, 15) is 18.5 Å². The lowest BCUT2D eigenvalue weighted by Crippen LogP contribution is -2.25. The van der Waals surface area contributed by atoms with E-state index < -0.39 is 14.9 Å². The standard InChI is InChI=1S/C23H32N2O5S/c1-2-3-9-18-30-22(19-20-10-5-4-6-11-20)12-7-8-17-24-31(28,29)23-15-13-21(14-16-23)25(26)27/h4-6,10-11,13-16,22,24H,2-3,7-9,12,17-19H2,1H3. The van der Waals surface area contributed by atoms with Crippen LogP contribution in [0.5, 0.6) is 0 Å². The smallest absolute Gasteiger partial charge is 0.269 e. The van der Waals surface area contributed by atoms with E-state index in [4.69, 9.17) is 4.74 Å². The van der Waals surface area contributed by atoms with Crippen molar-refractivity contribution in [2.45, 2.75) is 62.9 Å². The van der Waals surface area contributed by atoms with Crippen LogP contribution in [0, 0.1) is 10.1 Å². The van der Waals surface area contributed by atoms with E-state index in [1.54, 1.807) is 0 Å². The number of rotatable bonds is 15. The quantitative estimate of drug-likeness (QED) is 0.238. The van der Waals surface area contributed by atoms with E-state index >= 15 is 0 Å². The molecule has 170 valence electrons. The molecule has 0 radical (unpaired) electrons. The maximum absolute atomic E-state index is 12.3. The van der Waals surface area contributed by atoms with E-state index in [-0.39, 0.29) is 16.7 Å². The Morgan fingerprint density at radius 1 is 1.00 bits per heavy atom. The molecule has 0 heterocycles. The van der Waals surface area contributed by atoms with Gasteiger partial charge in [0.05, 0.1) is 15.9 Å². The normalized spacial score (nSPS) is 12.5. The molecular formula is C23H32N2O5S. The van der Waals surface area contributed by atoms with E-state index in [0.717, 1.165) is 45.1 Å². The van der Waals surface area contributed by atoms with Gasteiger partial charge in [0.25, 0.3) is 5.69 Å². The lowest BCUT2D eigenvalue weighted by Gasteiger charge is -2.18. The first-order valence-corrected chi connectivity index (χ1v) is 12.3. The molecule has 0 saturated carbocycles. The van der Waals surface area contributed by atoms with Crippen molar-refractivity contribution < 1.29 is 18.1 Å². The number of sulfonamides is 1. The number of nitrogens with zero attached hydrogens (tertiary/aromatic N) is 1. The van der Waals surface area contributed by atoms with Gasteiger partial charge in [-0.3, -0.25) is 10.1 Å². The molecular weight excluding hydrogens is 416 g/mol. The number of non-ortho nitro benzene ring substituents is 1. The molecule has 2 rings (SSSR count). The summed E-state index contributed by atoms with van der Waals surface area (Å²) in [5.41, 5.74) is 1.10. The van der Waals surface area contributed by atoms with Crippen molar-refractivity contribution in [3.05, 3.63) is 70.3 Å². The predicted molar refractivity (Wildman–Crippen MR) is 122 cm³/mol. The first-order chi connectivity index (χ1) is 14.9. The van der Waals surface area contributed by atoms with Crippen molar-refractivity contribution in [1.82, 2.24) is 4.72 Å². The Balaban J connectivity index is 1.79. The Hall–Kier alpha value is -2.29. The first-order valence-electron chi connectivity index (χ1n) is 10.8. The molecule has 8 heteroatoms. The molecule has 2 aromatic rings. The van der Waals surface area contributed by atoms with Gasteiger partial charge >= 0.3 is 0 Å². The van der Waals surface area contributed by atoms with Crippen LogP contribution in [0.15, 0.2) is 59.5 Å². The molecule has 0 spiro atoms. The van der Waals surface area contributed by atoms with Gasteiger partial charge in [0, 0.05) is 25.3 Å². The number of nitro groups is 1. The average Bonchev–Trinajstić information content (AvgIpc) is 2.77. The third-order valence-corrected chi connectivity index (χ3v) is 6.49. The van der Waals surface area contributed by atoms with Gasteiger partial charge in [-0.2, -0.15) is 0 Å². The van der Waals surface area contributed by atoms with Crippen molar-refractivity contribution >= 4 is 15.7 Å². The predicted octanol–water partition coefficient (Wildman–Crippen LogP) is 4.86. The fourth-order valence-corrected chi connectivity index (χ4v) is 4.33. The van der Waals surface area contributed by atoms with Gasteiger partial charge in [-0.1, -0.05) is 50.1 Å². The second-order valence-electron chi connectivity index (χ2n) is 7.53. The molecule has 1 unspecified atom stereocenters. The van der Waals surface area contributed by atoms with Crippen molar-refractivity contribution in [3.8, 4) is 0 Å². The van der Waals surface area contributed by atoms with Gasteiger partial charge in [0.15, 0.2) is 0 Å². The second-order valence-corrected chi connectivity index (χ2v) is 9.30. The van der Waals surface area contributed by atoms with E-state index in [1.807, 2.05) is 18.2 Å². The zero-order valence-corrected chi connectivity index (χ0v) is 18.9. The largest absolute Gasteiger partial charge is 0.378 e. The van der Waals surface area contributed by atoms with E-state index in [1.165, 1.54) is 29.8 Å². The fourth-order valence-electron chi connectivity index (χ4n) is 3.26. The highest BCUT2D eigenvalue weighted by Gasteiger charge is 2.16. The average molecular weight is 449 g/mol. The highest BCUT2D eigenvalue weighted by atomic mass is 32.2. The molecule has 0 saturated heterocycles. The minimum atomic E-state index is -3.68. The Morgan fingerprint density at radius 3 is 2.35 bits per heavy atom. The maximum Gasteiger partial charge on any atom is 0.269 e. The van der Waals surface area contributed by atoms with Crippen LogP contribution in [0.3, 0.4) is 0 Å². The number of nitrogens with one attached hydrogen (secondary N) is 1. The summed E-state index contributed by atoms with van der Waals surface area (Å²) in [4.78, 5) is 10.2. The van der Waals surface area contributed by atoms with Crippen LogP contribution in [-0.2, 0) is 21.2 Å². The molecule has 0 bridgehead atoms. The van der Waals surface area contributed by atoms with Gasteiger partial charge in [-0.25, -0.2) is 13.1 Å². The van der Waals surface area contributed by atoms with Gasteiger partial charge in [0.1, 0.15) is 0 Å². The summed E-state index contributed by atoms with van der Waals surface area (Å²) in [6.07, 6.45) is 6.72. The summed E-state index contributed by atoms with van der Waals surface area (Å²) in [6.45, 7) is 3.23. The van der Waals surface area contributed by atoms with Crippen molar-refractivity contribution in [1.29, 1.82) is 0 Å². The molecule has 1 N–H and O–H groups in total. The third kappa shape index (κ3) is 9.16. The molecule has 31 heavy (non-hydrogen) atoms. The minimum absolute atomic E-state index is 0.0271. The number of hydrogen-bond donors (Lipinski definition) is 1. The topological polar surface area (TPSA) is 98.5 Å². The molecule has 2 aromatic carbocycles. The number of benzene rings is 2. The Morgan fingerprint density at radius 2 is 1.71 bits per heavy atom. The van der Waals surface area contributed by atoms with Crippen LogP contribution >= 0.6 is 0 Å². The van der Waals surface area contributed by atoms with E-state index in [0.29, 0.717) is 13.0 Å². The lowest BCUT2D eigenvalue weighted by atomic mass is 10.0. The van der Waals surface area contributed by atoms with Gasteiger partial charge in [0.2, 0.25) is 10.0 Å². The second kappa shape index (κ2) is 13.2. The van der Waals surface area contributed by atoms with Gasteiger partial charge in [-0.05, 0) is 49.8 Å². The Labute approximate surface area is 185 Å². The summed E-state index contributed by atoms with van der Waals surface area (Å²) in [5, 5.41) is 10.7. The Bertz CT molecular complexity index is 886. The van der Waals surface area contributed by atoms with Crippen LogP contribution < -0.4 is 4.72 Å². The fraction of sp³-hybridized carbons (Fsp3) is 0.478. The van der Waals surface area contributed by atoms with Crippen LogP contribution in [-0.4, -0.2) is 32.6 Å². The van der Waals surface area contributed by atoms with Gasteiger partial charge < -0.3 is 4.74 Å². The Kier molecular flexibility index (Phi) is 10.6. The van der Waals surface area contributed by atoms with E-state index in [2.05, 4.69) is 23.8 Å². The molecule has 0 aliphatic carbocycles. The third-order valence-electron chi connectivity index (χ3n) is 5.01. The SMILES string of the molecule is CCCCCOC(CCCCNS(=O)(=O)c1ccc([N+](=O)[O-])cc1)Cc1ccccc1. The highest BCUT2D eigenvalue weighted by Crippen LogP contribution is 2.16. The highest BCUT2D eigenvalue weighted by molar-refractivity contribution is 7.89. The van der Waals surface area contributed by atoms with Crippen LogP contribution in [0.1, 0.15) is 51.0 Å². The summed E-state index contributed by atoms with van der Waals surface area (Å²) in [7, 11) is -3.68. The number of unbranched alkanes of at least 4 members (excludes halogenated alkanes) is 3. The first kappa shape index (κ1) is 25.0. The van der Waals surface area contributed by atoms with Crippen molar-refractivity contribution in [3.63, 3.8) is 0 Å². The van der Waals surface area contributed by atoms with Crippen molar-refractivity contribution in [2.75, 3.05) is 13.2 Å². The molecule has 0 amide bonds. The number of nitro benzene ring substituents is 1. The zero-order valence-electron chi connectivity index (χ0n) is 18.0. The molecule has 0 aliphatic rings. The summed E-state index contributed by atoms with van der Waals surface area (Å²) >= 11 is 0. The summed E-state index contributed by atoms with van der Waals surface area (Å²) in [5.74, 6) is 0. The molecule has 7 nitrogen and oxygen atoms in total. The molecule has 0 aromatic heterocycles. The lowest BCUT2D eigenvalue weighted by molar-refractivity contribution is -0.384. The van der Waals surface area contributed by atoms with Crippen LogP contribution in [0.2, 0.25) is 0 Å². The molecule has 0 fully saturated rings. The number of hydrogen-bond acceptors (Lipinski definition) is 5. The number of ether oxygens (including phenoxy) is 1. The summed E-state index contributed by atoms with van der Waals surface area (Å²) < 4.78 is 33.4. The maximum atomic E-state index is 12.3. The summed E-state index contributed by atoms with van der Waals surface area (Å²) in [6, 6.07) is 15.1. The van der Waals surface area contributed by atoms with Crippen LogP contribution in [0.25, 0.3) is 0 Å². The monoisotopic (exact) mass is 448 g/mol. The molecule has 1 atom stereocenters. The minimum Gasteiger partial charge on any atom is -0.378 e. The van der Waals surface area contributed by atoms with Crippen molar-refractivity contribution in [2.24, 2.45) is 0 Å². The molecule has 0 aliphatic heterocycles.